The van der Waals surface area contributed by atoms with Crippen molar-refractivity contribution in [3.8, 4) is 5.75 Å². The first-order valence-electron chi connectivity index (χ1n) is 6.17. The summed E-state index contributed by atoms with van der Waals surface area (Å²) in [6, 6.07) is 4.10. The number of nitrogens with one attached hydrogen (secondary N) is 2. The van der Waals surface area contributed by atoms with Gasteiger partial charge in [0.15, 0.2) is 5.75 Å². The first-order valence-corrected chi connectivity index (χ1v) is 6.17. The molecule has 5 N–H and O–H groups in total. The third-order valence-corrected chi connectivity index (χ3v) is 2.98. The third kappa shape index (κ3) is 3.15. The zero-order valence-electron chi connectivity index (χ0n) is 10.6. The van der Waals surface area contributed by atoms with Gasteiger partial charge in [0, 0.05) is 6.04 Å². The molecular weight excluding hydrogens is 246 g/mol. The molecule has 0 saturated heterocycles. The monoisotopic (exact) mass is 263 g/mol. The van der Waals surface area contributed by atoms with Crippen LogP contribution in [0.3, 0.4) is 0 Å². The maximum absolute atomic E-state index is 11.9. The molecule has 1 aliphatic carbocycles. The van der Waals surface area contributed by atoms with Crippen LogP contribution in [0, 0.1) is 0 Å². The Hall–Kier alpha value is -2.24. The number of hydrogen-bond donors (Lipinski definition) is 4. The van der Waals surface area contributed by atoms with Crippen molar-refractivity contribution < 1.29 is 14.7 Å². The third-order valence-electron chi connectivity index (χ3n) is 2.98. The highest BCUT2D eigenvalue weighted by molar-refractivity contribution is 6.00. The number of nitrogen functional groups attached to an aromatic ring is 1. The molecule has 1 saturated carbocycles. The summed E-state index contributed by atoms with van der Waals surface area (Å²) in [5.41, 5.74) is 5.70. The number of benzene rings is 1. The first-order chi connectivity index (χ1) is 8.99. The summed E-state index contributed by atoms with van der Waals surface area (Å²) in [6.45, 7) is 1.60. The van der Waals surface area contributed by atoms with Gasteiger partial charge in [-0.05, 0) is 31.9 Å². The van der Waals surface area contributed by atoms with Crippen molar-refractivity contribution >= 4 is 17.5 Å². The maximum atomic E-state index is 11.9. The minimum atomic E-state index is -0.658. The fraction of sp³-hybridized carbons (Fsp3) is 0.385. The van der Waals surface area contributed by atoms with E-state index in [1.807, 2.05) is 0 Å². The minimum absolute atomic E-state index is 0.0612. The minimum Gasteiger partial charge on any atom is -0.505 e. The Labute approximate surface area is 111 Å². The van der Waals surface area contributed by atoms with Gasteiger partial charge in [-0.1, -0.05) is 6.07 Å². The Morgan fingerprint density at radius 3 is 2.74 bits per heavy atom. The van der Waals surface area contributed by atoms with E-state index in [9.17, 15) is 14.7 Å². The Morgan fingerprint density at radius 2 is 2.11 bits per heavy atom. The molecule has 0 heterocycles. The molecule has 0 aromatic heterocycles. The number of hydrogen-bond acceptors (Lipinski definition) is 4. The van der Waals surface area contributed by atoms with Crippen molar-refractivity contribution in [2.45, 2.75) is 31.8 Å². The van der Waals surface area contributed by atoms with Gasteiger partial charge < -0.3 is 21.5 Å². The summed E-state index contributed by atoms with van der Waals surface area (Å²) in [4.78, 5) is 23.6. The molecule has 19 heavy (non-hydrogen) atoms. The molecule has 2 rings (SSSR count). The zero-order chi connectivity index (χ0) is 14.0. The number of phenolic OH excluding ortho intramolecular Hbond substituents is 1. The normalized spacial score (nSPS) is 15.6. The van der Waals surface area contributed by atoms with Gasteiger partial charge >= 0.3 is 0 Å². The Balaban J connectivity index is 1.99. The standard InChI is InChI=1S/C13H17N3O3/c1-7(12(18)16-8-5-6-8)15-13(19)9-3-2-4-10(14)11(9)17/h2-4,7-8,17H,5-6,14H2,1H3,(H,15,19)(H,16,18). The Bertz CT molecular complexity index is 512. The number of amides is 2. The summed E-state index contributed by atoms with van der Waals surface area (Å²) in [7, 11) is 0. The van der Waals surface area contributed by atoms with Crippen LogP contribution in [-0.4, -0.2) is 29.0 Å². The van der Waals surface area contributed by atoms with Crippen LogP contribution >= 0.6 is 0 Å². The van der Waals surface area contributed by atoms with Gasteiger partial charge in [0.05, 0.1) is 11.3 Å². The van der Waals surface area contributed by atoms with Crippen LogP contribution in [0.25, 0.3) is 0 Å². The van der Waals surface area contributed by atoms with Crippen molar-refractivity contribution in [1.29, 1.82) is 0 Å². The van der Waals surface area contributed by atoms with Gasteiger partial charge in [-0.2, -0.15) is 0 Å². The van der Waals surface area contributed by atoms with Crippen molar-refractivity contribution in [1.82, 2.24) is 10.6 Å². The van der Waals surface area contributed by atoms with E-state index in [1.54, 1.807) is 13.0 Å². The lowest BCUT2D eigenvalue weighted by Gasteiger charge is -2.14. The SMILES string of the molecule is CC(NC(=O)c1cccc(N)c1O)C(=O)NC1CC1. The van der Waals surface area contributed by atoms with Crippen LogP contribution in [0.5, 0.6) is 5.75 Å². The quantitative estimate of drug-likeness (QED) is 0.465. The van der Waals surface area contributed by atoms with Gasteiger partial charge in [-0.15, -0.1) is 0 Å². The number of carbonyl (C=O) groups is 2. The molecule has 1 atom stereocenters. The molecule has 2 amide bonds. The first kappa shape index (κ1) is 13.2. The van der Waals surface area contributed by atoms with Gasteiger partial charge in [0.25, 0.3) is 5.91 Å². The fourth-order valence-electron chi connectivity index (χ4n) is 1.64. The maximum Gasteiger partial charge on any atom is 0.255 e. The molecule has 0 aliphatic heterocycles. The van der Waals surface area contributed by atoms with Gasteiger partial charge in [0.1, 0.15) is 6.04 Å². The van der Waals surface area contributed by atoms with Crippen LogP contribution < -0.4 is 16.4 Å². The van der Waals surface area contributed by atoms with E-state index in [0.29, 0.717) is 0 Å². The second-order valence-electron chi connectivity index (χ2n) is 4.72. The lowest BCUT2D eigenvalue weighted by Crippen LogP contribution is -2.45. The molecule has 1 unspecified atom stereocenters. The smallest absolute Gasteiger partial charge is 0.255 e. The van der Waals surface area contributed by atoms with E-state index < -0.39 is 11.9 Å². The van der Waals surface area contributed by atoms with Crippen LogP contribution in [0.15, 0.2) is 18.2 Å². The number of carbonyl (C=O) groups excluding carboxylic acids is 2. The fourth-order valence-corrected chi connectivity index (χ4v) is 1.64. The number of para-hydroxylation sites is 1. The van der Waals surface area contributed by atoms with E-state index in [4.69, 9.17) is 5.73 Å². The highest BCUT2D eigenvalue weighted by Gasteiger charge is 2.26. The van der Waals surface area contributed by atoms with Crippen molar-refractivity contribution in [2.75, 3.05) is 5.73 Å². The van der Waals surface area contributed by atoms with Gasteiger partial charge in [-0.25, -0.2) is 0 Å². The van der Waals surface area contributed by atoms with E-state index in [-0.39, 0.29) is 28.9 Å². The molecule has 1 aliphatic rings. The van der Waals surface area contributed by atoms with Gasteiger partial charge in [0.2, 0.25) is 5.91 Å². The molecule has 102 valence electrons. The topological polar surface area (TPSA) is 104 Å². The van der Waals surface area contributed by atoms with Crippen molar-refractivity contribution in [3.05, 3.63) is 23.8 Å². The average Bonchev–Trinajstić information content (AvgIpc) is 3.16. The molecule has 0 spiro atoms. The van der Waals surface area contributed by atoms with Crippen LogP contribution in [0.1, 0.15) is 30.1 Å². The Morgan fingerprint density at radius 1 is 1.42 bits per heavy atom. The lowest BCUT2D eigenvalue weighted by molar-refractivity contribution is -0.122. The molecular formula is C13H17N3O3. The predicted octanol–water partition coefficient (Wildman–Crippen LogP) is 0.371. The summed E-state index contributed by atoms with van der Waals surface area (Å²) in [6.07, 6.45) is 1.98. The van der Waals surface area contributed by atoms with Crippen LogP contribution in [0.4, 0.5) is 5.69 Å². The van der Waals surface area contributed by atoms with Crippen molar-refractivity contribution in [2.24, 2.45) is 0 Å². The summed E-state index contributed by atoms with van der Waals surface area (Å²) >= 11 is 0. The van der Waals surface area contributed by atoms with Crippen molar-refractivity contribution in [3.63, 3.8) is 0 Å². The molecule has 0 radical (unpaired) electrons. The van der Waals surface area contributed by atoms with Crippen LogP contribution in [0.2, 0.25) is 0 Å². The number of nitrogens with two attached hydrogens (primary N) is 1. The van der Waals surface area contributed by atoms with Crippen LogP contribution in [-0.2, 0) is 4.79 Å². The number of anilines is 1. The second-order valence-corrected chi connectivity index (χ2v) is 4.72. The average molecular weight is 263 g/mol. The summed E-state index contributed by atoms with van der Waals surface area (Å²) in [5, 5.41) is 15.0. The highest BCUT2D eigenvalue weighted by Crippen LogP contribution is 2.24. The number of phenols is 1. The van der Waals surface area contributed by atoms with E-state index in [2.05, 4.69) is 10.6 Å². The van der Waals surface area contributed by atoms with E-state index >= 15 is 0 Å². The van der Waals surface area contributed by atoms with E-state index in [0.717, 1.165) is 12.8 Å². The molecule has 0 bridgehead atoms. The summed E-state index contributed by atoms with van der Waals surface area (Å²) in [5.74, 6) is -1.02. The molecule has 1 aromatic rings. The summed E-state index contributed by atoms with van der Waals surface area (Å²) < 4.78 is 0. The lowest BCUT2D eigenvalue weighted by atomic mass is 10.1. The number of aromatic hydroxyl groups is 1. The van der Waals surface area contributed by atoms with Gasteiger partial charge in [-0.3, -0.25) is 9.59 Å². The number of rotatable bonds is 4. The second kappa shape index (κ2) is 5.17. The van der Waals surface area contributed by atoms with E-state index in [1.165, 1.54) is 12.1 Å². The highest BCUT2D eigenvalue weighted by atomic mass is 16.3. The zero-order valence-corrected chi connectivity index (χ0v) is 10.6. The molecule has 1 aromatic carbocycles. The molecule has 6 heteroatoms. The molecule has 1 fully saturated rings. The molecule has 6 nitrogen and oxygen atoms in total. The predicted molar refractivity (Wildman–Crippen MR) is 70.6 cm³/mol. The Kier molecular flexibility index (Phi) is 3.59. The largest absolute Gasteiger partial charge is 0.505 e.